The Balaban J connectivity index is 2.25. The number of hydrogen-bond acceptors (Lipinski definition) is 3. The number of carbonyl (C=O) groups excluding carboxylic acids is 1. The van der Waals surface area contributed by atoms with Crippen molar-refractivity contribution in [2.45, 2.75) is 32.0 Å². The van der Waals surface area contributed by atoms with E-state index in [0.29, 0.717) is 0 Å². The smallest absolute Gasteiger partial charge is 0.248 e. The lowest BCUT2D eigenvalue weighted by atomic mass is 10.1. The Bertz CT molecular complexity index is 167. The fraction of sp³-hybridized carbons (Fsp3) is 0.889. The van der Waals surface area contributed by atoms with Gasteiger partial charge in [-0.2, -0.15) is 0 Å². The number of rotatable bonds is 3. The van der Waals surface area contributed by atoms with Gasteiger partial charge in [0.05, 0.1) is 6.10 Å². The molecule has 1 heterocycles. The van der Waals surface area contributed by atoms with Crippen LogP contribution in [0.25, 0.3) is 0 Å². The van der Waals surface area contributed by atoms with Crippen LogP contribution in [0.2, 0.25) is 0 Å². The molecule has 1 unspecified atom stereocenters. The Labute approximate surface area is 79.0 Å². The molecule has 1 amide bonds. The number of nitrogens with one attached hydrogen (secondary N) is 2. The van der Waals surface area contributed by atoms with Crippen molar-refractivity contribution in [2.24, 2.45) is 0 Å². The molecule has 0 aromatic carbocycles. The summed E-state index contributed by atoms with van der Waals surface area (Å²) in [4.78, 5) is 11.1. The molecule has 2 N–H and O–H groups in total. The monoisotopic (exact) mass is 186 g/mol. The van der Waals surface area contributed by atoms with E-state index >= 15 is 0 Å². The second-order valence-corrected chi connectivity index (χ2v) is 3.36. The summed E-state index contributed by atoms with van der Waals surface area (Å²) in [7, 11) is 1.63. The van der Waals surface area contributed by atoms with Crippen molar-refractivity contribution in [3.8, 4) is 0 Å². The first-order valence-electron chi connectivity index (χ1n) is 4.82. The first-order valence-corrected chi connectivity index (χ1v) is 4.82. The number of likely N-dealkylation sites (N-methyl/N-ethyl adjacent to an activating group) is 1. The maximum atomic E-state index is 11.1. The second kappa shape index (κ2) is 5.19. The van der Waals surface area contributed by atoms with Crippen LogP contribution in [0.5, 0.6) is 0 Å². The summed E-state index contributed by atoms with van der Waals surface area (Å²) < 4.78 is 5.57. The summed E-state index contributed by atoms with van der Waals surface area (Å²) in [5, 5.41) is 5.81. The minimum Gasteiger partial charge on any atom is -0.364 e. The van der Waals surface area contributed by atoms with Gasteiger partial charge < -0.3 is 15.4 Å². The van der Waals surface area contributed by atoms with E-state index in [4.69, 9.17) is 4.74 Å². The van der Waals surface area contributed by atoms with Gasteiger partial charge in [-0.05, 0) is 26.3 Å². The zero-order valence-electron chi connectivity index (χ0n) is 8.30. The minimum atomic E-state index is -0.338. The normalized spacial score (nSPS) is 25.2. The molecule has 2 atom stereocenters. The van der Waals surface area contributed by atoms with Gasteiger partial charge in [0.1, 0.15) is 6.10 Å². The zero-order chi connectivity index (χ0) is 9.68. The average molecular weight is 186 g/mol. The third-order valence-electron chi connectivity index (χ3n) is 2.26. The lowest BCUT2D eigenvalue weighted by Crippen LogP contribution is -2.41. The Kier molecular flexibility index (Phi) is 4.18. The first-order chi connectivity index (χ1) is 6.24. The van der Waals surface area contributed by atoms with E-state index < -0.39 is 0 Å². The summed E-state index contributed by atoms with van der Waals surface area (Å²) in [5.41, 5.74) is 0. The van der Waals surface area contributed by atoms with Crippen LogP contribution >= 0.6 is 0 Å². The Morgan fingerprint density at radius 3 is 3.00 bits per heavy atom. The number of hydrogen-bond donors (Lipinski definition) is 2. The number of carbonyl (C=O) groups is 1. The van der Waals surface area contributed by atoms with Crippen molar-refractivity contribution in [1.82, 2.24) is 10.6 Å². The van der Waals surface area contributed by atoms with Crippen molar-refractivity contribution >= 4 is 5.91 Å². The molecule has 1 rings (SSSR count). The molecule has 0 bridgehead atoms. The highest BCUT2D eigenvalue weighted by Gasteiger charge is 2.19. The van der Waals surface area contributed by atoms with Crippen LogP contribution in [0, 0.1) is 0 Å². The topological polar surface area (TPSA) is 50.4 Å². The van der Waals surface area contributed by atoms with Crippen LogP contribution in [-0.2, 0) is 9.53 Å². The van der Waals surface area contributed by atoms with Gasteiger partial charge in [0, 0.05) is 13.6 Å². The lowest BCUT2D eigenvalue weighted by molar-refractivity contribution is -0.135. The van der Waals surface area contributed by atoms with E-state index in [1.807, 2.05) is 0 Å². The fourth-order valence-corrected chi connectivity index (χ4v) is 1.49. The lowest BCUT2D eigenvalue weighted by Gasteiger charge is -2.25. The number of piperidine rings is 1. The minimum absolute atomic E-state index is 0.0504. The molecule has 0 aromatic rings. The molecule has 1 saturated heterocycles. The van der Waals surface area contributed by atoms with E-state index in [1.165, 1.54) is 0 Å². The number of amides is 1. The van der Waals surface area contributed by atoms with E-state index in [2.05, 4.69) is 10.6 Å². The first kappa shape index (κ1) is 10.5. The van der Waals surface area contributed by atoms with Crippen LogP contribution in [0.3, 0.4) is 0 Å². The molecular formula is C9H18N2O2. The molecule has 76 valence electrons. The molecule has 4 heteroatoms. The number of ether oxygens (including phenoxy) is 1. The molecule has 13 heavy (non-hydrogen) atoms. The fourth-order valence-electron chi connectivity index (χ4n) is 1.49. The molecular weight excluding hydrogens is 168 g/mol. The SMILES string of the molecule is CNC(=O)C(C)O[C@H]1CCCNC1. The Morgan fingerprint density at radius 2 is 2.46 bits per heavy atom. The highest BCUT2D eigenvalue weighted by atomic mass is 16.5. The Hall–Kier alpha value is -0.610. The van der Waals surface area contributed by atoms with Crippen molar-refractivity contribution < 1.29 is 9.53 Å². The van der Waals surface area contributed by atoms with Crippen molar-refractivity contribution in [3.63, 3.8) is 0 Å². The highest BCUT2D eigenvalue weighted by Crippen LogP contribution is 2.08. The van der Waals surface area contributed by atoms with E-state index in [9.17, 15) is 4.79 Å². The largest absolute Gasteiger partial charge is 0.364 e. The van der Waals surface area contributed by atoms with Gasteiger partial charge in [-0.15, -0.1) is 0 Å². The Morgan fingerprint density at radius 1 is 1.69 bits per heavy atom. The second-order valence-electron chi connectivity index (χ2n) is 3.36. The van der Waals surface area contributed by atoms with Crippen LogP contribution in [-0.4, -0.2) is 38.3 Å². The molecule has 1 fully saturated rings. The van der Waals surface area contributed by atoms with Crippen molar-refractivity contribution in [3.05, 3.63) is 0 Å². The molecule has 0 spiro atoms. The van der Waals surface area contributed by atoms with Gasteiger partial charge in [0.25, 0.3) is 0 Å². The predicted octanol–water partition coefficient (Wildman–Crippen LogP) is -0.111. The molecule has 0 radical (unpaired) electrons. The van der Waals surface area contributed by atoms with Gasteiger partial charge in [-0.1, -0.05) is 0 Å². The van der Waals surface area contributed by atoms with Gasteiger partial charge in [-0.3, -0.25) is 4.79 Å². The van der Waals surface area contributed by atoms with E-state index in [0.717, 1.165) is 25.9 Å². The third kappa shape index (κ3) is 3.32. The standard InChI is InChI=1S/C9H18N2O2/c1-7(9(12)10-2)13-8-4-3-5-11-6-8/h7-8,11H,3-6H2,1-2H3,(H,10,12)/t7?,8-/m0/s1. The summed E-state index contributed by atoms with van der Waals surface area (Å²) in [6.07, 6.45) is 2.04. The van der Waals surface area contributed by atoms with Crippen LogP contribution in [0.1, 0.15) is 19.8 Å². The highest BCUT2D eigenvalue weighted by molar-refractivity contribution is 5.79. The maximum absolute atomic E-state index is 11.1. The van der Waals surface area contributed by atoms with Crippen LogP contribution < -0.4 is 10.6 Å². The quantitative estimate of drug-likeness (QED) is 0.646. The maximum Gasteiger partial charge on any atom is 0.248 e. The average Bonchev–Trinajstić information content (AvgIpc) is 2.18. The molecule has 0 aliphatic carbocycles. The van der Waals surface area contributed by atoms with Crippen LogP contribution in [0.4, 0.5) is 0 Å². The van der Waals surface area contributed by atoms with Gasteiger partial charge in [0.2, 0.25) is 5.91 Å². The van der Waals surface area contributed by atoms with Gasteiger partial charge in [-0.25, -0.2) is 0 Å². The molecule has 0 aromatic heterocycles. The van der Waals surface area contributed by atoms with E-state index in [-0.39, 0.29) is 18.1 Å². The molecule has 0 saturated carbocycles. The van der Waals surface area contributed by atoms with Crippen molar-refractivity contribution in [2.75, 3.05) is 20.1 Å². The van der Waals surface area contributed by atoms with Gasteiger partial charge in [0.15, 0.2) is 0 Å². The predicted molar refractivity (Wildman–Crippen MR) is 50.5 cm³/mol. The third-order valence-corrected chi connectivity index (χ3v) is 2.26. The summed E-state index contributed by atoms with van der Waals surface area (Å²) in [6.45, 7) is 3.71. The molecule has 1 aliphatic rings. The summed E-state index contributed by atoms with van der Waals surface area (Å²) in [5.74, 6) is -0.0504. The summed E-state index contributed by atoms with van der Waals surface area (Å²) in [6, 6.07) is 0. The molecule has 1 aliphatic heterocycles. The van der Waals surface area contributed by atoms with E-state index in [1.54, 1.807) is 14.0 Å². The van der Waals surface area contributed by atoms with Gasteiger partial charge >= 0.3 is 0 Å². The van der Waals surface area contributed by atoms with Crippen molar-refractivity contribution in [1.29, 1.82) is 0 Å². The summed E-state index contributed by atoms with van der Waals surface area (Å²) >= 11 is 0. The molecule has 4 nitrogen and oxygen atoms in total. The van der Waals surface area contributed by atoms with Crippen LogP contribution in [0.15, 0.2) is 0 Å². The zero-order valence-corrected chi connectivity index (χ0v) is 8.30.